The van der Waals surface area contributed by atoms with Gasteiger partial charge >= 0.3 is 0 Å². The van der Waals surface area contributed by atoms with Gasteiger partial charge in [0.05, 0.1) is 45.9 Å². The number of carbonyl (C=O) groups excluding carboxylic acids is 4. The third-order valence-electron chi connectivity index (χ3n) is 11.4. The van der Waals surface area contributed by atoms with Gasteiger partial charge in [0.1, 0.15) is 0 Å². The molecule has 10 nitrogen and oxygen atoms in total. The standard InChI is InChI=1S/C41H36FN5O5/c1-41-32(38(50)47(40(41)52)26-8-5-4-6-9-26)22-31-28(35(41)30-10-7-11-33(42)36(30)48)20-21-29-34(31)39(51)46(37(29)49)27-18-14-24(15-19-27)44-43-23-12-16-25(17-13-23)45(2)3/h4-20,29,31-32,34-35,48H,21-22H2,1-3H3/t29-,31+,32-,34-,35+,41+/m0/s1. The molecule has 3 fully saturated rings. The van der Waals surface area contributed by atoms with Crippen molar-refractivity contribution in [3.05, 3.63) is 120 Å². The number of imide groups is 2. The molecule has 2 heterocycles. The first kappa shape index (κ1) is 33.2. The molecule has 0 aromatic heterocycles. The Morgan fingerprint density at radius 1 is 0.750 bits per heavy atom. The summed E-state index contributed by atoms with van der Waals surface area (Å²) in [6.45, 7) is 1.70. The Kier molecular flexibility index (Phi) is 7.89. The van der Waals surface area contributed by atoms with E-state index in [0.29, 0.717) is 28.3 Å². The summed E-state index contributed by atoms with van der Waals surface area (Å²) in [5, 5.41) is 19.7. The molecule has 2 aliphatic carbocycles. The highest BCUT2D eigenvalue weighted by Crippen LogP contribution is 2.64. The summed E-state index contributed by atoms with van der Waals surface area (Å²) in [5.74, 6) is -7.00. The number of benzene rings is 4. The maximum atomic E-state index is 15.0. The number of para-hydroxylation sites is 2. The molecule has 2 aliphatic heterocycles. The van der Waals surface area contributed by atoms with Crippen molar-refractivity contribution < 1.29 is 28.7 Å². The van der Waals surface area contributed by atoms with E-state index in [-0.39, 0.29) is 24.3 Å². The number of fused-ring (bicyclic) bond motifs is 4. The van der Waals surface area contributed by atoms with Gasteiger partial charge in [0.25, 0.3) is 0 Å². The second-order valence-corrected chi connectivity index (χ2v) is 14.3. The monoisotopic (exact) mass is 697 g/mol. The first-order valence-corrected chi connectivity index (χ1v) is 17.3. The van der Waals surface area contributed by atoms with Gasteiger partial charge in [0.2, 0.25) is 23.6 Å². The Morgan fingerprint density at radius 2 is 1.38 bits per heavy atom. The Balaban J connectivity index is 1.13. The number of azo groups is 1. The fraction of sp³-hybridized carbons (Fsp3) is 0.268. The minimum atomic E-state index is -1.39. The highest BCUT2D eigenvalue weighted by molar-refractivity contribution is 6.25. The maximum absolute atomic E-state index is 15.0. The predicted octanol–water partition coefficient (Wildman–Crippen LogP) is 7.45. The zero-order chi connectivity index (χ0) is 36.5. The molecule has 0 unspecified atom stereocenters. The first-order chi connectivity index (χ1) is 25.0. The number of carbonyl (C=O) groups is 4. The van der Waals surface area contributed by atoms with Gasteiger partial charge in [0, 0.05) is 31.3 Å². The van der Waals surface area contributed by atoms with Crippen LogP contribution in [0.4, 0.5) is 32.8 Å². The number of phenols is 1. The van der Waals surface area contributed by atoms with Crippen LogP contribution in [0.5, 0.6) is 5.75 Å². The Morgan fingerprint density at radius 3 is 2.04 bits per heavy atom. The van der Waals surface area contributed by atoms with E-state index in [4.69, 9.17) is 0 Å². The predicted molar refractivity (Wildman–Crippen MR) is 193 cm³/mol. The van der Waals surface area contributed by atoms with Crippen LogP contribution in [0.3, 0.4) is 0 Å². The minimum absolute atomic E-state index is 0.145. The van der Waals surface area contributed by atoms with E-state index in [2.05, 4.69) is 10.2 Å². The molecule has 4 aromatic rings. The van der Waals surface area contributed by atoms with Crippen molar-refractivity contribution in [3.63, 3.8) is 0 Å². The molecule has 1 N–H and O–H groups in total. The summed E-state index contributed by atoms with van der Waals surface area (Å²) in [5.41, 5.74) is 2.49. The van der Waals surface area contributed by atoms with Crippen molar-refractivity contribution in [2.75, 3.05) is 28.8 Å². The van der Waals surface area contributed by atoms with Crippen LogP contribution < -0.4 is 14.7 Å². The van der Waals surface area contributed by atoms with Crippen LogP contribution in [-0.2, 0) is 19.2 Å². The van der Waals surface area contributed by atoms with E-state index >= 15 is 0 Å². The van der Waals surface area contributed by atoms with E-state index < -0.39 is 64.3 Å². The lowest BCUT2D eigenvalue weighted by molar-refractivity contribution is -0.131. The fourth-order valence-corrected chi connectivity index (χ4v) is 8.80. The number of hydrogen-bond acceptors (Lipinski definition) is 8. The summed E-state index contributed by atoms with van der Waals surface area (Å²) < 4.78 is 15.0. The molecule has 8 rings (SSSR count). The molecule has 0 bridgehead atoms. The second kappa shape index (κ2) is 12.4. The number of nitrogens with zero attached hydrogens (tertiary/aromatic N) is 5. The van der Waals surface area contributed by atoms with Crippen LogP contribution in [0.2, 0.25) is 0 Å². The van der Waals surface area contributed by atoms with E-state index in [9.17, 15) is 28.7 Å². The average Bonchev–Trinajstić information content (AvgIpc) is 3.52. The molecular formula is C41H36FN5O5. The van der Waals surface area contributed by atoms with E-state index in [1.807, 2.05) is 49.3 Å². The topological polar surface area (TPSA) is 123 Å². The third kappa shape index (κ3) is 4.97. The normalized spacial score (nSPS) is 26.8. The molecule has 11 heteroatoms. The summed E-state index contributed by atoms with van der Waals surface area (Å²) in [7, 11) is 3.91. The van der Waals surface area contributed by atoms with Gasteiger partial charge < -0.3 is 10.0 Å². The van der Waals surface area contributed by atoms with Crippen LogP contribution in [0.1, 0.15) is 31.2 Å². The molecular weight excluding hydrogens is 661 g/mol. The largest absolute Gasteiger partial charge is 0.505 e. The van der Waals surface area contributed by atoms with Crippen LogP contribution in [0, 0.1) is 34.9 Å². The fourth-order valence-electron chi connectivity index (χ4n) is 8.80. The van der Waals surface area contributed by atoms with Gasteiger partial charge in [0.15, 0.2) is 11.6 Å². The molecule has 4 amide bonds. The molecule has 2 saturated heterocycles. The lowest BCUT2D eigenvalue weighted by Gasteiger charge is -2.49. The number of amides is 4. The van der Waals surface area contributed by atoms with Crippen molar-refractivity contribution in [2.24, 2.45) is 39.3 Å². The van der Waals surface area contributed by atoms with E-state index in [0.717, 1.165) is 11.8 Å². The molecule has 4 aliphatic rings. The van der Waals surface area contributed by atoms with Crippen LogP contribution in [0.15, 0.2) is 119 Å². The first-order valence-electron chi connectivity index (χ1n) is 17.3. The minimum Gasteiger partial charge on any atom is -0.505 e. The van der Waals surface area contributed by atoms with Gasteiger partial charge in [-0.1, -0.05) is 42.0 Å². The summed E-state index contributed by atoms with van der Waals surface area (Å²) in [6, 6.07) is 27.1. The Bertz CT molecular complexity index is 2190. The molecule has 262 valence electrons. The number of rotatable bonds is 6. The van der Waals surface area contributed by atoms with Crippen LogP contribution in [-0.4, -0.2) is 42.8 Å². The summed E-state index contributed by atoms with van der Waals surface area (Å²) >= 11 is 0. The highest BCUT2D eigenvalue weighted by Gasteiger charge is 2.68. The van der Waals surface area contributed by atoms with E-state index in [1.54, 1.807) is 67.6 Å². The van der Waals surface area contributed by atoms with Gasteiger partial charge in [-0.05, 0) is 92.4 Å². The molecule has 4 aromatic carbocycles. The number of hydrogen-bond donors (Lipinski definition) is 1. The zero-order valence-corrected chi connectivity index (χ0v) is 28.8. The van der Waals surface area contributed by atoms with Gasteiger partial charge in [-0.15, -0.1) is 0 Å². The number of anilines is 3. The number of halogens is 1. The van der Waals surface area contributed by atoms with Crippen molar-refractivity contribution >= 4 is 52.1 Å². The molecule has 52 heavy (non-hydrogen) atoms. The SMILES string of the molecule is CN(C)c1ccc(N=Nc2ccc(N3C(=O)[C@H]4[C@H](CC=C5[C@H]4C[C@H]4C(=O)N(c6ccccc6)C(=O)[C@@]4(C)[C@H]5c4cccc(F)c4O)C3=O)cc2)cc1. The molecule has 6 atom stereocenters. The van der Waals surface area contributed by atoms with Crippen LogP contribution in [0.25, 0.3) is 0 Å². The Hall–Kier alpha value is -5.97. The second-order valence-electron chi connectivity index (χ2n) is 14.3. The van der Waals surface area contributed by atoms with Crippen LogP contribution >= 0.6 is 0 Å². The third-order valence-corrected chi connectivity index (χ3v) is 11.4. The molecule has 0 spiro atoms. The van der Waals surface area contributed by atoms with Crippen molar-refractivity contribution in [1.29, 1.82) is 0 Å². The Labute approximate surface area is 299 Å². The number of phenolic OH excluding ortho intramolecular Hbond substituents is 1. The lowest BCUT2D eigenvalue weighted by atomic mass is 9.51. The smallest absolute Gasteiger partial charge is 0.241 e. The van der Waals surface area contributed by atoms with Crippen molar-refractivity contribution in [2.45, 2.75) is 25.7 Å². The van der Waals surface area contributed by atoms with Gasteiger partial charge in [-0.3, -0.25) is 24.1 Å². The maximum Gasteiger partial charge on any atom is 0.241 e. The number of allylic oxidation sites excluding steroid dienone is 2. The highest BCUT2D eigenvalue weighted by atomic mass is 19.1. The quantitative estimate of drug-likeness (QED) is 0.127. The number of aromatic hydroxyl groups is 1. The van der Waals surface area contributed by atoms with Gasteiger partial charge in [-0.25, -0.2) is 9.29 Å². The molecule has 0 radical (unpaired) electrons. The average molecular weight is 698 g/mol. The van der Waals surface area contributed by atoms with Crippen molar-refractivity contribution in [3.8, 4) is 5.75 Å². The van der Waals surface area contributed by atoms with Crippen molar-refractivity contribution in [1.82, 2.24) is 0 Å². The summed E-state index contributed by atoms with van der Waals surface area (Å²) in [6.07, 6.45) is 2.23. The zero-order valence-electron chi connectivity index (χ0n) is 28.8. The van der Waals surface area contributed by atoms with Gasteiger partial charge in [-0.2, -0.15) is 10.2 Å². The lowest BCUT2D eigenvalue weighted by Crippen LogP contribution is -2.49. The molecule has 1 saturated carbocycles. The van der Waals surface area contributed by atoms with E-state index in [1.165, 1.54) is 15.9 Å². The summed E-state index contributed by atoms with van der Waals surface area (Å²) in [4.78, 5) is 61.5.